The van der Waals surface area contributed by atoms with Crippen molar-refractivity contribution >= 4 is 5.97 Å². The monoisotopic (exact) mass is 284 g/mol. The van der Waals surface area contributed by atoms with Crippen LogP contribution in [0.15, 0.2) is 59.3 Å². The summed E-state index contributed by atoms with van der Waals surface area (Å²) in [6.45, 7) is 0. The maximum absolute atomic E-state index is 12.8. The third-order valence-corrected chi connectivity index (χ3v) is 2.75. The number of nitrogens with zero attached hydrogens (tertiary/aromatic N) is 2. The Kier molecular flexibility index (Phi) is 3.42. The second-order valence-corrected chi connectivity index (χ2v) is 4.16. The van der Waals surface area contributed by atoms with Crippen LogP contribution < -0.4 is 4.74 Å². The maximum atomic E-state index is 12.8. The van der Waals surface area contributed by atoms with Crippen molar-refractivity contribution in [2.24, 2.45) is 0 Å². The molecule has 2 aromatic carbocycles. The highest BCUT2D eigenvalue weighted by atomic mass is 19.1. The summed E-state index contributed by atoms with van der Waals surface area (Å²) in [4.78, 5) is 11.9. The molecule has 0 fully saturated rings. The van der Waals surface area contributed by atoms with Gasteiger partial charge < -0.3 is 9.15 Å². The third kappa shape index (κ3) is 2.94. The van der Waals surface area contributed by atoms with Gasteiger partial charge in [0.25, 0.3) is 0 Å². The Labute approximate surface area is 119 Å². The molecule has 1 heterocycles. The van der Waals surface area contributed by atoms with Gasteiger partial charge in [-0.05, 0) is 48.5 Å². The van der Waals surface area contributed by atoms with Gasteiger partial charge in [-0.15, -0.1) is 10.2 Å². The zero-order valence-electron chi connectivity index (χ0n) is 10.7. The summed E-state index contributed by atoms with van der Waals surface area (Å²) < 4.78 is 23.0. The van der Waals surface area contributed by atoms with Crippen molar-refractivity contribution in [1.29, 1.82) is 0 Å². The lowest BCUT2D eigenvalue weighted by atomic mass is 10.2. The number of hydrogen-bond acceptors (Lipinski definition) is 5. The summed E-state index contributed by atoms with van der Waals surface area (Å²) >= 11 is 0. The molecule has 0 saturated carbocycles. The lowest BCUT2D eigenvalue weighted by Crippen LogP contribution is -2.08. The number of halogens is 1. The van der Waals surface area contributed by atoms with Crippen molar-refractivity contribution in [2.45, 2.75) is 0 Å². The Morgan fingerprint density at radius 1 is 1.05 bits per heavy atom. The van der Waals surface area contributed by atoms with Crippen LogP contribution in [0.1, 0.15) is 10.4 Å². The number of benzene rings is 2. The van der Waals surface area contributed by atoms with Crippen LogP contribution in [0.5, 0.6) is 5.75 Å². The quantitative estimate of drug-likeness (QED) is 0.546. The molecule has 0 aliphatic heterocycles. The van der Waals surface area contributed by atoms with Crippen molar-refractivity contribution in [2.75, 3.05) is 0 Å². The Bertz CT molecular complexity index is 738. The summed E-state index contributed by atoms with van der Waals surface area (Å²) in [7, 11) is 0. The molecule has 3 aromatic rings. The SMILES string of the molecule is O=C(Oc1ccc(-c2nnco2)cc1)c1ccc(F)cc1. The van der Waals surface area contributed by atoms with E-state index in [2.05, 4.69) is 10.2 Å². The molecule has 0 amide bonds. The minimum absolute atomic E-state index is 0.275. The molecular formula is C15H9FN2O3. The Morgan fingerprint density at radius 3 is 2.38 bits per heavy atom. The van der Waals surface area contributed by atoms with Crippen LogP contribution in [0.4, 0.5) is 4.39 Å². The summed E-state index contributed by atoms with van der Waals surface area (Å²) in [5.74, 6) is -0.213. The van der Waals surface area contributed by atoms with Crippen LogP contribution in [0, 0.1) is 5.82 Å². The van der Waals surface area contributed by atoms with Crippen molar-refractivity contribution in [3.05, 3.63) is 66.3 Å². The first-order valence-corrected chi connectivity index (χ1v) is 6.07. The number of hydrogen-bond donors (Lipinski definition) is 0. The summed E-state index contributed by atoms with van der Waals surface area (Å²) in [6.07, 6.45) is 1.23. The molecule has 0 spiro atoms. The molecule has 0 atom stereocenters. The maximum Gasteiger partial charge on any atom is 0.343 e. The molecular weight excluding hydrogens is 275 g/mol. The highest BCUT2D eigenvalue weighted by Gasteiger charge is 2.09. The fraction of sp³-hybridized carbons (Fsp3) is 0. The lowest BCUT2D eigenvalue weighted by Gasteiger charge is -2.04. The third-order valence-electron chi connectivity index (χ3n) is 2.75. The number of esters is 1. The molecule has 6 heteroatoms. The van der Waals surface area contributed by atoms with E-state index in [1.807, 2.05) is 0 Å². The summed E-state index contributed by atoms with van der Waals surface area (Å²) in [6, 6.07) is 11.8. The number of carbonyl (C=O) groups excluding carboxylic acids is 1. The molecule has 0 aliphatic rings. The van der Waals surface area contributed by atoms with E-state index in [0.717, 1.165) is 0 Å². The van der Waals surface area contributed by atoms with Crippen LogP contribution in [0.3, 0.4) is 0 Å². The number of rotatable bonds is 3. The van der Waals surface area contributed by atoms with Gasteiger partial charge in [-0.25, -0.2) is 9.18 Å². The highest BCUT2D eigenvalue weighted by molar-refractivity contribution is 5.91. The van der Waals surface area contributed by atoms with E-state index >= 15 is 0 Å². The van der Waals surface area contributed by atoms with Gasteiger partial charge in [0.05, 0.1) is 5.56 Å². The van der Waals surface area contributed by atoms with E-state index in [4.69, 9.17) is 9.15 Å². The van der Waals surface area contributed by atoms with E-state index < -0.39 is 11.8 Å². The lowest BCUT2D eigenvalue weighted by molar-refractivity contribution is 0.0734. The molecule has 0 aliphatic carbocycles. The normalized spacial score (nSPS) is 10.3. The Morgan fingerprint density at radius 2 is 1.76 bits per heavy atom. The van der Waals surface area contributed by atoms with Gasteiger partial charge in [-0.3, -0.25) is 0 Å². The Hall–Kier alpha value is -3.02. The van der Waals surface area contributed by atoms with Crippen LogP contribution in [0.2, 0.25) is 0 Å². The predicted octanol–water partition coefficient (Wildman–Crippen LogP) is 3.09. The van der Waals surface area contributed by atoms with Gasteiger partial charge in [-0.2, -0.15) is 0 Å². The molecule has 5 nitrogen and oxygen atoms in total. The standard InChI is InChI=1S/C15H9FN2O3/c16-12-5-1-11(2-6-12)15(19)21-13-7-3-10(4-8-13)14-18-17-9-20-14/h1-9H. The van der Waals surface area contributed by atoms with Crippen molar-refractivity contribution < 1.29 is 18.3 Å². The van der Waals surface area contributed by atoms with E-state index in [1.165, 1.54) is 30.7 Å². The largest absolute Gasteiger partial charge is 0.423 e. The van der Waals surface area contributed by atoms with Crippen molar-refractivity contribution in [3.63, 3.8) is 0 Å². The van der Waals surface area contributed by atoms with E-state index in [1.54, 1.807) is 24.3 Å². The molecule has 0 unspecified atom stereocenters. The first-order chi connectivity index (χ1) is 10.2. The van der Waals surface area contributed by atoms with Crippen molar-refractivity contribution in [3.8, 4) is 17.2 Å². The topological polar surface area (TPSA) is 65.2 Å². The van der Waals surface area contributed by atoms with E-state index in [9.17, 15) is 9.18 Å². The first kappa shape index (κ1) is 13.0. The second kappa shape index (κ2) is 5.54. The summed E-state index contributed by atoms with van der Waals surface area (Å²) in [5, 5.41) is 7.36. The molecule has 0 saturated heterocycles. The molecule has 0 bridgehead atoms. The van der Waals surface area contributed by atoms with Crippen LogP contribution in [-0.2, 0) is 0 Å². The first-order valence-electron chi connectivity index (χ1n) is 6.07. The van der Waals surface area contributed by atoms with Crippen molar-refractivity contribution in [1.82, 2.24) is 10.2 Å². The average Bonchev–Trinajstić information content (AvgIpc) is 3.03. The fourth-order valence-electron chi connectivity index (χ4n) is 1.72. The number of aromatic nitrogens is 2. The van der Waals surface area contributed by atoms with Gasteiger partial charge in [0, 0.05) is 5.56 Å². The van der Waals surface area contributed by atoms with Crippen LogP contribution >= 0.6 is 0 Å². The zero-order valence-corrected chi connectivity index (χ0v) is 10.7. The second-order valence-electron chi connectivity index (χ2n) is 4.16. The molecule has 104 valence electrons. The van der Waals surface area contributed by atoms with Gasteiger partial charge in [0.1, 0.15) is 11.6 Å². The van der Waals surface area contributed by atoms with E-state index in [-0.39, 0.29) is 5.56 Å². The van der Waals surface area contributed by atoms with Gasteiger partial charge >= 0.3 is 5.97 Å². The smallest absolute Gasteiger partial charge is 0.343 e. The number of carbonyl (C=O) groups is 1. The summed E-state index contributed by atoms with van der Waals surface area (Å²) in [5.41, 5.74) is 0.992. The molecule has 1 aromatic heterocycles. The molecule has 21 heavy (non-hydrogen) atoms. The van der Waals surface area contributed by atoms with Crippen LogP contribution in [0.25, 0.3) is 11.5 Å². The van der Waals surface area contributed by atoms with Gasteiger partial charge in [-0.1, -0.05) is 0 Å². The van der Waals surface area contributed by atoms with Gasteiger partial charge in [0.2, 0.25) is 12.3 Å². The molecule has 0 N–H and O–H groups in total. The Balaban J connectivity index is 1.73. The minimum Gasteiger partial charge on any atom is -0.423 e. The number of ether oxygens (including phenoxy) is 1. The highest BCUT2D eigenvalue weighted by Crippen LogP contribution is 2.20. The van der Waals surface area contributed by atoms with Gasteiger partial charge in [0.15, 0.2) is 0 Å². The molecule has 0 radical (unpaired) electrons. The van der Waals surface area contributed by atoms with Crippen LogP contribution in [-0.4, -0.2) is 16.2 Å². The molecule has 3 rings (SSSR count). The fourth-order valence-corrected chi connectivity index (χ4v) is 1.72. The minimum atomic E-state index is -0.555. The zero-order chi connectivity index (χ0) is 14.7. The average molecular weight is 284 g/mol. The van der Waals surface area contributed by atoms with E-state index in [0.29, 0.717) is 17.2 Å². The predicted molar refractivity (Wildman–Crippen MR) is 71.1 cm³/mol.